The number of rotatable bonds is 4. The van der Waals surface area contributed by atoms with Crippen LogP contribution < -0.4 is 10.2 Å². The predicted molar refractivity (Wildman–Crippen MR) is 102 cm³/mol. The van der Waals surface area contributed by atoms with Crippen LogP contribution in [0.3, 0.4) is 0 Å². The SMILES string of the molecule is Cc1c(C(=O)Nc2ccc3c(c2)sc(=O)n3C(C)C)cccc1[N+](=O)[O-]. The number of fused-ring (bicyclic) bond motifs is 1. The maximum atomic E-state index is 12.5. The zero-order valence-corrected chi connectivity index (χ0v) is 15.3. The molecule has 0 atom stereocenters. The third kappa shape index (κ3) is 3.11. The minimum Gasteiger partial charge on any atom is -0.322 e. The highest BCUT2D eigenvalue weighted by Gasteiger charge is 2.18. The molecule has 26 heavy (non-hydrogen) atoms. The van der Waals surface area contributed by atoms with E-state index in [-0.39, 0.29) is 22.2 Å². The number of amides is 1. The topological polar surface area (TPSA) is 94.2 Å². The van der Waals surface area contributed by atoms with Crippen molar-refractivity contribution in [2.45, 2.75) is 26.8 Å². The van der Waals surface area contributed by atoms with E-state index in [4.69, 9.17) is 0 Å². The molecule has 1 N–H and O–H groups in total. The van der Waals surface area contributed by atoms with Crippen LogP contribution in [0.4, 0.5) is 11.4 Å². The lowest BCUT2D eigenvalue weighted by Crippen LogP contribution is -2.15. The summed E-state index contributed by atoms with van der Waals surface area (Å²) in [4.78, 5) is 35.1. The summed E-state index contributed by atoms with van der Waals surface area (Å²) in [6.07, 6.45) is 0. The molecule has 1 aromatic heterocycles. The number of carbonyl (C=O) groups is 1. The number of nitrogens with one attached hydrogen (secondary N) is 1. The Morgan fingerprint density at radius 3 is 2.65 bits per heavy atom. The normalized spacial score (nSPS) is 11.1. The molecular formula is C18H17N3O4S. The molecule has 0 saturated heterocycles. The van der Waals surface area contributed by atoms with Crippen LogP contribution in [0.15, 0.2) is 41.2 Å². The van der Waals surface area contributed by atoms with Crippen molar-refractivity contribution in [3.05, 3.63) is 67.3 Å². The van der Waals surface area contributed by atoms with Crippen LogP contribution in [0.25, 0.3) is 10.2 Å². The van der Waals surface area contributed by atoms with Gasteiger partial charge in [-0.15, -0.1) is 0 Å². The molecule has 2 aromatic carbocycles. The Bertz CT molecular complexity index is 1080. The molecule has 0 saturated carbocycles. The van der Waals surface area contributed by atoms with Crippen LogP contribution >= 0.6 is 11.3 Å². The third-order valence-corrected chi connectivity index (χ3v) is 5.05. The predicted octanol–water partition coefficient (Wildman–Crippen LogP) is 4.11. The summed E-state index contributed by atoms with van der Waals surface area (Å²) >= 11 is 1.12. The number of nitrogens with zero attached hydrogens (tertiary/aromatic N) is 2. The number of anilines is 1. The van der Waals surface area contributed by atoms with E-state index < -0.39 is 10.8 Å². The van der Waals surface area contributed by atoms with Crippen molar-refractivity contribution in [1.29, 1.82) is 0 Å². The smallest absolute Gasteiger partial charge is 0.308 e. The Morgan fingerprint density at radius 2 is 2.00 bits per heavy atom. The Morgan fingerprint density at radius 1 is 1.27 bits per heavy atom. The molecule has 0 aliphatic rings. The maximum Gasteiger partial charge on any atom is 0.308 e. The van der Waals surface area contributed by atoms with Gasteiger partial charge in [-0.2, -0.15) is 0 Å². The first-order valence-corrected chi connectivity index (χ1v) is 8.81. The zero-order chi connectivity index (χ0) is 19.0. The van der Waals surface area contributed by atoms with Crippen molar-refractivity contribution < 1.29 is 9.72 Å². The Balaban J connectivity index is 1.94. The summed E-state index contributed by atoms with van der Waals surface area (Å²) in [7, 11) is 0. The molecule has 134 valence electrons. The third-order valence-electron chi connectivity index (χ3n) is 4.13. The zero-order valence-electron chi connectivity index (χ0n) is 14.5. The summed E-state index contributed by atoms with van der Waals surface area (Å²) in [5.74, 6) is -0.429. The number of nitro groups is 1. The van der Waals surface area contributed by atoms with Gasteiger partial charge in [0.1, 0.15) is 0 Å². The van der Waals surface area contributed by atoms with Crippen LogP contribution in [0.2, 0.25) is 0 Å². The van der Waals surface area contributed by atoms with Gasteiger partial charge in [-0.3, -0.25) is 24.3 Å². The van der Waals surface area contributed by atoms with Crippen LogP contribution in [-0.4, -0.2) is 15.4 Å². The van der Waals surface area contributed by atoms with Crippen molar-refractivity contribution in [2.75, 3.05) is 5.32 Å². The monoisotopic (exact) mass is 371 g/mol. The summed E-state index contributed by atoms with van der Waals surface area (Å²) < 4.78 is 2.48. The fraction of sp³-hybridized carbons (Fsp3) is 0.222. The molecule has 1 amide bonds. The molecule has 8 heteroatoms. The van der Waals surface area contributed by atoms with Crippen LogP contribution in [0.1, 0.15) is 35.8 Å². The van der Waals surface area contributed by atoms with Crippen molar-refractivity contribution in [3.63, 3.8) is 0 Å². The lowest BCUT2D eigenvalue weighted by molar-refractivity contribution is -0.385. The van der Waals surface area contributed by atoms with Crippen molar-refractivity contribution in [2.24, 2.45) is 0 Å². The highest BCUT2D eigenvalue weighted by atomic mass is 32.1. The number of aromatic nitrogens is 1. The average molecular weight is 371 g/mol. The van der Waals surface area contributed by atoms with Gasteiger partial charge in [0.25, 0.3) is 11.6 Å². The minimum atomic E-state index is -0.510. The largest absolute Gasteiger partial charge is 0.322 e. The quantitative estimate of drug-likeness (QED) is 0.551. The van der Waals surface area contributed by atoms with Gasteiger partial charge in [0.05, 0.1) is 15.1 Å². The first-order chi connectivity index (χ1) is 12.3. The molecule has 0 unspecified atom stereocenters. The van der Waals surface area contributed by atoms with E-state index in [0.29, 0.717) is 11.3 Å². The minimum absolute atomic E-state index is 0.0456. The van der Waals surface area contributed by atoms with Crippen LogP contribution in [-0.2, 0) is 0 Å². The van der Waals surface area contributed by atoms with Gasteiger partial charge < -0.3 is 5.32 Å². The van der Waals surface area contributed by atoms with Gasteiger partial charge in [0.2, 0.25) is 0 Å². The van der Waals surface area contributed by atoms with Gasteiger partial charge in [0.15, 0.2) is 0 Å². The molecule has 0 bridgehead atoms. The van der Waals surface area contributed by atoms with E-state index in [1.165, 1.54) is 12.1 Å². The van der Waals surface area contributed by atoms with Gasteiger partial charge in [-0.1, -0.05) is 17.4 Å². The van der Waals surface area contributed by atoms with Crippen molar-refractivity contribution in [3.8, 4) is 0 Å². The summed E-state index contributed by atoms with van der Waals surface area (Å²) in [5, 5.41) is 13.8. The summed E-state index contributed by atoms with van der Waals surface area (Å²) in [6, 6.07) is 9.70. The number of nitro benzene ring substituents is 1. The Kier molecular flexibility index (Phi) is 4.60. The second kappa shape index (κ2) is 6.72. The molecule has 0 fully saturated rings. The molecule has 3 rings (SSSR count). The van der Waals surface area contributed by atoms with Crippen molar-refractivity contribution >= 4 is 38.8 Å². The molecule has 0 spiro atoms. The number of hydrogen-bond acceptors (Lipinski definition) is 5. The second-order valence-electron chi connectivity index (χ2n) is 6.18. The molecule has 0 aliphatic heterocycles. The molecule has 0 radical (unpaired) electrons. The van der Waals surface area contributed by atoms with E-state index in [9.17, 15) is 19.7 Å². The maximum absolute atomic E-state index is 12.5. The summed E-state index contributed by atoms with van der Waals surface area (Å²) in [6.45, 7) is 5.42. The Hall–Kier alpha value is -3.00. The van der Waals surface area contributed by atoms with E-state index in [1.807, 2.05) is 13.8 Å². The standard InChI is InChI=1S/C18H17N3O4S/c1-10(2)20-15-8-7-12(9-16(15)26-18(20)23)19-17(22)13-5-4-6-14(11(13)3)21(24)25/h4-10H,1-3H3,(H,19,22). The first-order valence-electron chi connectivity index (χ1n) is 8.00. The fourth-order valence-electron chi connectivity index (χ4n) is 2.87. The van der Waals surface area contributed by atoms with Crippen molar-refractivity contribution in [1.82, 2.24) is 4.57 Å². The summed E-state index contributed by atoms with van der Waals surface area (Å²) in [5.41, 5.74) is 1.81. The van der Waals surface area contributed by atoms with E-state index in [0.717, 1.165) is 21.6 Å². The van der Waals surface area contributed by atoms with E-state index in [2.05, 4.69) is 5.32 Å². The molecular weight excluding hydrogens is 354 g/mol. The lowest BCUT2D eigenvalue weighted by Gasteiger charge is -2.10. The van der Waals surface area contributed by atoms with E-state index >= 15 is 0 Å². The number of thiazole rings is 1. The van der Waals surface area contributed by atoms with Crippen LogP contribution in [0.5, 0.6) is 0 Å². The molecule has 3 aromatic rings. The molecule has 7 nitrogen and oxygen atoms in total. The number of hydrogen-bond donors (Lipinski definition) is 1. The highest BCUT2D eigenvalue weighted by Crippen LogP contribution is 2.26. The molecule has 0 aliphatic carbocycles. The van der Waals surface area contributed by atoms with Gasteiger partial charge >= 0.3 is 4.87 Å². The molecule has 1 heterocycles. The van der Waals surface area contributed by atoms with E-state index in [1.54, 1.807) is 35.8 Å². The second-order valence-corrected chi connectivity index (χ2v) is 7.17. The Labute approximate surface area is 153 Å². The number of carbonyl (C=O) groups excluding carboxylic acids is 1. The van der Waals surface area contributed by atoms with Crippen LogP contribution in [0, 0.1) is 17.0 Å². The number of benzene rings is 2. The average Bonchev–Trinajstić information content (AvgIpc) is 2.89. The first kappa shape index (κ1) is 17.8. The highest BCUT2D eigenvalue weighted by molar-refractivity contribution is 7.16. The van der Waals surface area contributed by atoms with Gasteiger partial charge in [-0.25, -0.2) is 0 Å². The fourth-order valence-corrected chi connectivity index (χ4v) is 3.92. The lowest BCUT2D eigenvalue weighted by atomic mass is 10.1. The van der Waals surface area contributed by atoms with Gasteiger partial charge in [0, 0.05) is 28.9 Å². The van der Waals surface area contributed by atoms with Gasteiger partial charge in [-0.05, 0) is 45.0 Å².